The Bertz CT molecular complexity index is 976. The van der Waals surface area contributed by atoms with Crippen molar-refractivity contribution in [1.29, 1.82) is 0 Å². The van der Waals surface area contributed by atoms with E-state index in [9.17, 15) is 9.36 Å². The molecule has 0 bridgehead atoms. The Kier molecular flexibility index (Phi) is 6.76. The Hall–Kier alpha value is -2.30. The zero-order valence-electron chi connectivity index (χ0n) is 15.9. The van der Waals surface area contributed by atoms with Gasteiger partial charge in [0.2, 0.25) is 0 Å². The predicted octanol–water partition coefficient (Wildman–Crippen LogP) is 5.96. The first-order valence-corrected chi connectivity index (χ1v) is 10.7. The fourth-order valence-electron chi connectivity index (χ4n) is 2.93. The van der Waals surface area contributed by atoms with Gasteiger partial charge in [0.05, 0.1) is 13.2 Å². The molecule has 0 N–H and O–H groups in total. The van der Waals surface area contributed by atoms with Crippen LogP contribution in [0, 0.1) is 0 Å². The van der Waals surface area contributed by atoms with E-state index < -0.39 is 13.9 Å². The minimum Gasteiger partial charge on any atom is -0.291 e. The standard InChI is InChI=1S/C22H23O5P/c1-3-25-28(24,26-4-2)27-22(21(23)18-11-6-5-7-12-18)20-15-14-17-10-8-9-13-19(17)16-20/h5-16,22H,3-4H2,1-2H3. The second-order valence-electron chi connectivity index (χ2n) is 6.11. The number of fused-ring (bicyclic) bond motifs is 1. The van der Waals surface area contributed by atoms with Gasteiger partial charge in [-0.2, -0.15) is 0 Å². The number of Topliss-reactive ketones (excluding diaryl/α,β-unsaturated/α-hetero) is 1. The van der Waals surface area contributed by atoms with Gasteiger partial charge in [-0.25, -0.2) is 4.57 Å². The highest BCUT2D eigenvalue weighted by Crippen LogP contribution is 2.53. The number of carbonyl (C=O) groups is 1. The minimum absolute atomic E-state index is 0.140. The summed E-state index contributed by atoms with van der Waals surface area (Å²) in [5.41, 5.74) is 1.05. The molecule has 146 valence electrons. The highest BCUT2D eigenvalue weighted by Gasteiger charge is 2.35. The molecule has 0 radical (unpaired) electrons. The molecule has 0 fully saturated rings. The van der Waals surface area contributed by atoms with Gasteiger partial charge >= 0.3 is 7.82 Å². The second-order valence-corrected chi connectivity index (χ2v) is 7.73. The molecular weight excluding hydrogens is 375 g/mol. The van der Waals surface area contributed by atoms with Crippen molar-refractivity contribution >= 4 is 24.4 Å². The van der Waals surface area contributed by atoms with Crippen LogP contribution in [0.3, 0.4) is 0 Å². The Morgan fingerprint density at radius 1 is 0.857 bits per heavy atom. The van der Waals surface area contributed by atoms with E-state index >= 15 is 0 Å². The van der Waals surface area contributed by atoms with Gasteiger partial charge in [0.25, 0.3) is 0 Å². The molecule has 28 heavy (non-hydrogen) atoms. The number of phosphoric ester groups is 1. The first-order valence-electron chi connectivity index (χ1n) is 9.22. The maximum atomic E-state index is 13.2. The Morgan fingerprint density at radius 2 is 1.46 bits per heavy atom. The summed E-state index contributed by atoms with van der Waals surface area (Å²) in [5.74, 6) is -0.310. The fraction of sp³-hybridized carbons (Fsp3) is 0.227. The third-order valence-corrected chi connectivity index (χ3v) is 5.80. The Balaban J connectivity index is 2.04. The topological polar surface area (TPSA) is 61.8 Å². The molecular formula is C22H23O5P. The molecule has 0 heterocycles. The maximum Gasteiger partial charge on any atom is 0.475 e. The lowest BCUT2D eigenvalue weighted by Gasteiger charge is -2.23. The van der Waals surface area contributed by atoms with Crippen molar-refractivity contribution in [2.75, 3.05) is 13.2 Å². The van der Waals surface area contributed by atoms with Crippen molar-refractivity contribution in [1.82, 2.24) is 0 Å². The van der Waals surface area contributed by atoms with Gasteiger partial charge in [-0.3, -0.25) is 18.4 Å². The fourth-order valence-corrected chi connectivity index (χ4v) is 4.23. The molecule has 6 heteroatoms. The van der Waals surface area contributed by atoms with Gasteiger partial charge in [-0.05, 0) is 36.2 Å². The third-order valence-electron chi connectivity index (χ3n) is 4.18. The summed E-state index contributed by atoms with van der Waals surface area (Å²) in [6, 6.07) is 22.2. The van der Waals surface area contributed by atoms with Crippen LogP contribution in [0.1, 0.15) is 35.9 Å². The number of ketones is 1. The summed E-state index contributed by atoms with van der Waals surface area (Å²) in [7, 11) is -3.90. The van der Waals surface area contributed by atoms with Crippen molar-refractivity contribution in [3.8, 4) is 0 Å². The van der Waals surface area contributed by atoms with E-state index in [1.807, 2.05) is 42.5 Å². The zero-order chi connectivity index (χ0) is 20.0. The van der Waals surface area contributed by atoms with E-state index in [4.69, 9.17) is 13.6 Å². The lowest BCUT2D eigenvalue weighted by molar-refractivity contribution is 0.0594. The van der Waals surface area contributed by atoms with Crippen molar-refractivity contribution in [2.45, 2.75) is 20.0 Å². The molecule has 0 saturated heterocycles. The first-order chi connectivity index (χ1) is 13.6. The van der Waals surface area contributed by atoms with Gasteiger partial charge in [0.1, 0.15) is 0 Å². The number of phosphoric acid groups is 1. The van der Waals surface area contributed by atoms with Gasteiger partial charge in [0.15, 0.2) is 11.9 Å². The van der Waals surface area contributed by atoms with E-state index in [1.165, 1.54) is 0 Å². The Labute approximate surface area is 164 Å². The van der Waals surface area contributed by atoms with Crippen molar-refractivity contribution < 1.29 is 22.9 Å². The van der Waals surface area contributed by atoms with Crippen molar-refractivity contribution in [3.63, 3.8) is 0 Å². The molecule has 1 unspecified atom stereocenters. The van der Waals surface area contributed by atoms with E-state index in [1.54, 1.807) is 44.2 Å². The van der Waals surface area contributed by atoms with Crippen molar-refractivity contribution in [3.05, 3.63) is 83.9 Å². The van der Waals surface area contributed by atoms with Crippen LogP contribution in [0.5, 0.6) is 0 Å². The number of hydrogen-bond acceptors (Lipinski definition) is 5. The highest BCUT2D eigenvalue weighted by atomic mass is 31.2. The zero-order valence-corrected chi connectivity index (χ0v) is 16.8. The second kappa shape index (κ2) is 9.26. The Morgan fingerprint density at radius 3 is 2.11 bits per heavy atom. The predicted molar refractivity (Wildman–Crippen MR) is 109 cm³/mol. The summed E-state index contributed by atoms with van der Waals surface area (Å²) < 4.78 is 29.2. The average Bonchev–Trinajstić information content (AvgIpc) is 2.72. The summed E-state index contributed by atoms with van der Waals surface area (Å²) in [5, 5.41) is 1.99. The third kappa shape index (κ3) is 4.75. The molecule has 0 aliphatic heterocycles. The van der Waals surface area contributed by atoms with Crippen LogP contribution in [-0.4, -0.2) is 19.0 Å². The average molecular weight is 398 g/mol. The number of rotatable bonds is 9. The SMILES string of the molecule is CCOP(=O)(OCC)OC(C(=O)c1ccccc1)c1ccc2ccccc2c1. The lowest BCUT2D eigenvalue weighted by Crippen LogP contribution is -2.17. The summed E-state index contributed by atoms with van der Waals surface area (Å²) >= 11 is 0. The van der Waals surface area contributed by atoms with Crippen LogP contribution in [0.15, 0.2) is 72.8 Å². The molecule has 0 aliphatic carbocycles. The normalized spacial score (nSPS) is 12.8. The van der Waals surface area contributed by atoms with E-state index in [-0.39, 0.29) is 19.0 Å². The largest absolute Gasteiger partial charge is 0.475 e. The molecule has 1 atom stereocenters. The summed E-state index contributed by atoms with van der Waals surface area (Å²) in [4.78, 5) is 13.2. The van der Waals surface area contributed by atoms with Gasteiger partial charge in [0, 0.05) is 5.56 Å². The van der Waals surface area contributed by atoms with Crippen LogP contribution in [-0.2, 0) is 18.1 Å². The van der Waals surface area contributed by atoms with E-state index in [2.05, 4.69) is 0 Å². The van der Waals surface area contributed by atoms with Crippen LogP contribution >= 0.6 is 7.82 Å². The number of hydrogen-bond donors (Lipinski definition) is 0. The van der Waals surface area contributed by atoms with Gasteiger partial charge in [-0.1, -0.05) is 66.7 Å². The maximum absolute atomic E-state index is 13.2. The molecule has 0 aliphatic rings. The molecule has 0 saturated carbocycles. The molecule has 5 nitrogen and oxygen atoms in total. The quantitative estimate of drug-likeness (QED) is 0.329. The van der Waals surface area contributed by atoms with Crippen LogP contribution < -0.4 is 0 Å². The highest BCUT2D eigenvalue weighted by molar-refractivity contribution is 7.48. The summed E-state index contributed by atoms with van der Waals surface area (Å²) in [6.07, 6.45) is -1.11. The molecule has 0 amide bonds. The lowest BCUT2D eigenvalue weighted by atomic mass is 9.97. The van der Waals surface area contributed by atoms with Crippen LogP contribution in [0.4, 0.5) is 0 Å². The molecule has 3 aromatic carbocycles. The number of carbonyl (C=O) groups excluding carboxylic acids is 1. The first kappa shape index (κ1) is 20.4. The number of benzene rings is 3. The molecule has 3 rings (SSSR count). The van der Waals surface area contributed by atoms with E-state index in [0.717, 1.165) is 10.8 Å². The van der Waals surface area contributed by atoms with Crippen LogP contribution in [0.2, 0.25) is 0 Å². The van der Waals surface area contributed by atoms with Gasteiger partial charge in [-0.15, -0.1) is 0 Å². The van der Waals surface area contributed by atoms with E-state index in [0.29, 0.717) is 11.1 Å². The molecule has 0 spiro atoms. The van der Waals surface area contributed by atoms with Gasteiger partial charge < -0.3 is 0 Å². The smallest absolute Gasteiger partial charge is 0.291 e. The minimum atomic E-state index is -3.90. The van der Waals surface area contributed by atoms with Crippen LogP contribution in [0.25, 0.3) is 10.8 Å². The van der Waals surface area contributed by atoms with Crippen molar-refractivity contribution in [2.24, 2.45) is 0 Å². The molecule has 0 aromatic heterocycles. The summed E-state index contributed by atoms with van der Waals surface area (Å²) in [6.45, 7) is 3.67. The molecule has 3 aromatic rings. The monoisotopic (exact) mass is 398 g/mol.